The van der Waals surface area contributed by atoms with E-state index >= 15 is 0 Å². The fourth-order valence-corrected chi connectivity index (χ4v) is 5.51. The lowest BCUT2D eigenvalue weighted by molar-refractivity contribution is 0.161. The molecule has 0 amide bonds. The quantitative estimate of drug-likeness (QED) is 0.827. The third-order valence-corrected chi connectivity index (χ3v) is 6.93. The van der Waals surface area contributed by atoms with Gasteiger partial charge in [0, 0.05) is 12.1 Å². The van der Waals surface area contributed by atoms with Crippen molar-refractivity contribution in [3.63, 3.8) is 0 Å². The molecule has 1 aromatic carbocycles. The second-order valence-corrected chi connectivity index (χ2v) is 8.48. The number of aryl methyl sites for hydroxylation is 1. The summed E-state index contributed by atoms with van der Waals surface area (Å²) in [5, 5.41) is 0. The first-order valence-corrected chi connectivity index (χ1v) is 9.89. The standard InChI is InChI=1S/C17H25FN2O2S/c1-3-19-10-8-15(9-11-19)20(14-5-6-14)23(21,22)17-12-13(2)4-7-16(17)18/h4,7,12,14-15H,3,5-6,8-11H2,1-2H3. The highest BCUT2D eigenvalue weighted by Gasteiger charge is 2.44. The second kappa shape index (κ2) is 6.49. The van der Waals surface area contributed by atoms with Crippen molar-refractivity contribution in [3.8, 4) is 0 Å². The van der Waals surface area contributed by atoms with Crippen LogP contribution < -0.4 is 0 Å². The average Bonchev–Trinajstić information content (AvgIpc) is 3.35. The number of piperidine rings is 1. The normalized spacial score (nSPS) is 21.0. The molecule has 0 unspecified atom stereocenters. The molecule has 1 aliphatic carbocycles. The minimum absolute atomic E-state index is 0.00443. The van der Waals surface area contributed by atoms with E-state index < -0.39 is 15.8 Å². The van der Waals surface area contributed by atoms with Gasteiger partial charge < -0.3 is 4.90 Å². The van der Waals surface area contributed by atoms with Crippen LogP contribution in [-0.4, -0.2) is 49.3 Å². The Kier molecular flexibility index (Phi) is 4.76. The van der Waals surface area contributed by atoms with Gasteiger partial charge in [0.1, 0.15) is 10.7 Å². The Morgan fingerprint density at radius 2 is 1.78 bits per heavy atom. The molecule has 1 heterocycles. The number of rotatable bonds is 5. The van der Waals surface area contributed by atoms with Crippen LogP contribution in [0.3, 0.4) is 0 Å². The van der Waals surface area contributed by atoms with E-state index in [-0.39, 0.29) is 17.0 Å². The molecular weight excluding hydrogens is 315 g/mol. The van der Waals surface area contributed by atoms with Gasteiger partial charge in [-0.2, -0.15) is 4.31 Å². The first-order valence-electron chi connectivity index (χ1n) is 8.45. The summed E-state index contributed by atoms with van der Waals surface area (Å²) in [6, 6.07) is 4.37. The maximum absolute atomic E-state index is 14.2. The van der Waals surface area contributed by atoms with Crippen LogP contribution in [-0.2, 0) is 10.0 Å². The maximum atomic E-state index is 14.2. The predicted octanol–water partition coefficient (Wildman–Crippen LogP) is 2.77. The Labute approximate surface area is 138 Å². The summed E-state index contributed by atoms with van der Waals surface area (Å²) in [6.45, 7) is 6.74. The third kappa shape index (κ3) is 3.44. The lowest BCUT2D eigenvalue weighted by Gasteiger charge is -2.37. The van der Waals surface area contributed by atoms with E-state index in [2.05, 4.69) is 11.8 Å². The Balaban J connectivity index is 1.90. The van der Waals surface area contributed by atoms with Crippen LogP contribution in [0.1, 0.15) is 38.2 Å². The van der Waals surface area contributed by atoms with Gasteiger partial charge in [-0.25, -0.2) is 12.8 Å². The van der Waals surface area contributed by atoms with Gasteiger partial charge in [0.25, 0.3) is 0 Å². The molecule has 0 aromatic heterocycles. The lowest BCUT2D eigenvalue weighted by atomic mass is 10.1. The SMILES string of the molecule is CCN1CCC(N(C2CC2)S(=O)(=O)c2cc(C)ccc2F)CC1. The van der Waals surface area contributed by atoms with Crippen molar-refractivity contribution < 1.29 is 12.8 Å². The molecule has 0 N–H and O–H groups in total. The summed E-state index contributed by atoms with van der Waals surface area (Å²) in [7, 11) is -3.78. The lowest BCUT2D eigenvalue weighted by Crippen LogP contribution is -2.48. The van der Waals surface area contributed by atoms with Crippen molar-refractivity contribution in [2.45, 2.75) is 56.5 Å². The van der Waals surface area contributed by atoms with Gasteiger partial charge in [-0.1, -0.05) is 13.0 Å². The minimum Gasteiger partial charge on any atom is -0.303 e. The molecule has 1 saturated carbocycles. The first kappa shape index (κ1) is 16.9. The molecule has 0 bridgehead atoms. The molecule has 0 atom stereocenters. The molecule has 0 radical (unpaired) electrons. The predicted molar refractivity (Wildman–Crippen MR) is 88.3 cm³/mol. The maximum Gasteiger partial charge on any atom is 0.246 e. The van der Waals surface area contributed by atoms with Crippen LogP contribution in [0, 0.1) is 12.7 Å². The number of nitrogens with zero attached hydrogens (tertiary/aromatic N) is 2. The zero-order valence-corrected chi connectivity index (χ0v) is 14.7. The van der Waals surface area contributed by atoms with Gasteiger partial charge in [0.2, 0.25) is 10.0 Å². The van der Waals surface area contributed by atoms with E-state index in [1.165, 1.54) is 12.1 Å². The van der Waals surface area contributed by atoms with Crippen LogP contribution in [0.5, 0.6) is 0 Å². The zero-order chi connectivity index (χ0) is 16.6. The van der Waals surface area contributed by atoms with Crippen LogP contribution in [0.15, 0.2) is 23.1 Å². The molecule has 1 aliphatic heterocycles. The molecule has 23 heavy (non-hydrogen) atoms. The topological polar surface area (TPSA) is 40.6 Å². The van der Waals surface area contributed by atoms with E-state index in [1.54, 1.807) is 17.3 Å². The highest BCUT2D eigenvalue weighted by molar-refractivity contribution is 7.89. The molecule has 128 valence electrons. The van der Waals surface area contributed by atoms with Crippen molar-refractivity contribution in [2.75, 3.05) is 19.6 Å². The molecule has 6 heteroatoms. The largest absolute Gasteiger partial charge is 0.303 e. The van der Waals surface area contributed by atoms with Gasteiger partial charge in [-0.05, 0) is 69.9 Å². The molecule has 2 fully saturated rings. The molecule has 4 nitrogen and oxygen atoms in total. The van der Waals surface area contributed by atoms with Crippen molar-refractivity contribution in [3.05, 3.63) is 29.6 Å². The summed E-state index contributed by atoms with van der Waals surface area (Å²) in [5.41, 5.74) is 0.765. The number of hydrogen-bond acceptors (Lipinski definition) is 3. The number of halogens is 1. The third-order valence-electron chi connectivity index (χ3n) is 4.91. The highest BCUT2D eigenvalue weighted by Crippen LogP contribution is 2.37. The first-order chi connectivity index (χ1) is 10.9. The van der Waals surface area contributed by atoms with Crippen LogP contribution in [0.4, 0.5) is 4.39 Å². The van der Waals surface area contributed by atoms with Crippen molar-refractivity contribution >= 4 is 10.0 Å². The van der Waals surface area contributed by atoms with Crippen molar-refractivity contribution in [1.82, 2.24) is 9.21 Å². The zero-order valence-electron chi connectivity index (χ0n) is 13.8. The van der Waals surface area contributed by atoms with E-state index in [1.807, 2.05) is 0 Å². The number of likely N-dealkylation sites (tertiary alicyclic amines) is 1. The van der Waals surface area contributed by atoms with Gasteiger partial charge in [0.15, 0.2) is 0 Å². The fraction of sp³-hybridized carbons (Fsp3) is 0.647. The Hall–Kier alpha value is -0.980. The Bertz CT molecular complexity index is 665. The molecule has 3 rings (SSSR count). The van der Waals surface area contributed by atoms with Crippen LogP contribution in [0.25, 0.3) is 0 Å². The Morgan fingerprint density at radius 1 is 1.17 bits per heavy atom. The summed E-state index contributed by atoms with van der Waals surface area (Å²) < 4.78 is 42.0. The van der Waals surface area contributed by atoms with Gasteiger partial charge >= 0.3 is 0 Å². The van der Waals surface area contributed by atoms with E-state index in [4.69, 9.17) is 0 Å². The van der Waals surface area contributed by atoms with Crippen molar-refractivity contribution in [2.24, 2.45) is 0 Å². The number of hydrogen-bond donors (Lipinski definition) is 0. The molecular formula is C17H25FN2O2S. The summed E-state index contributed by atoms with van der Waals surface area (Å²) >= 11 is 0. The smallest absolute Gasteiger partial charge is 0.246 e. The molecule has 1 saturated heterocycles. The number of sulfonamides is 1. The monoisotopic (exact) mass is 340 g/mol. The fourth-order valence-electron chi connectivity index (χ4n) is 3.43. The number of benzene rings is 1. The molecule has 2 aliphatic rings. The highest BCUT2D eigenvalue weighted by atomic mass is 32.2. The second-order valence-electron chi connectivity index (χ2n) is 6.67. The van der Waals surface area contributed by atoms with E-state index in [9.17, 15) is 12.8 Å². The van der Waals surface area contributed by atoms with E-state index in [0.717, 1.165) is 50.9 Å². The van der Waals surface area contributed by atoms with E-state index in [0.29, 0.717) is 0 Å². The average molecular weight is 340 g/mol. The molecule has 1 aromatic rings. The summed E-state index contributed by atoms with van der Waals surface area (Å²) in [6.07, 6.45) is 3.44. The summed E-state index contributed by atoms with van der Waals surface area (Å²) in [5.74, 6) is -0.646. The van der Waals surface area contributed by atoms with Gasteiger partial charge in [0.05, 0.1) is 0 Å². The Morgan fingerprint density at radius 3 is 2.35 bits per heavy atom. The van der Waals surface area contributed by atoms with Crippen LogP contribution in [0.2, 0.25) is 0 Å². The molecule has 0 spiro atoms. The summed E-state index contributed by atoms with van der Waals surface area (Å²) in [4.78, 5) is 2.17. The van der Waals surface area contributed by atoms with Crippen molar-refractivity contribution in [1.29, 1.82) is 0 Å². The van der Waals surface area contributed by atoms with Gasteiger partial charge in [-0.15, -0.1) is 0 Å². The van der Waals surface area contributed by atoms with Gasteiger partial charge in [-0.3, -0.25) is 0 Å². The van der Waals surface area contributed by atoms with Crippen LogP contribution >= 0.6 is 0 Å². The minimum atomic E-state index is -3.78.